The van der Waals surface area contributed by atoms with Crippen LogP contribution in [0, 0.1) is 15.5 Å². The van der Waals surface area contributed by atoms with Crippen molar-refractivity contribution in [2.24, 2.45) is 5.41 Å². The van der Waals surface area contributed by atoms with Gasteiger partial charge in [-0.05, 0) is 19.9 Å². The van der Waals surface area contributed by atoms with Crippen LogP contribution in [0.15, 0.2) is 18.2 Å². The van der Waals surface area contributed by atoms with Gasteiger partial charge in [0.1, 0.15) is 0 Å². The van der Waals surface area contributed by atoms with Crippen LogP contribution in [0.1, 0.15) is 20.3 Å². The van der Waals surface area contributed by atoms with E-state index >= 15 is 0 Å². The summed E-state index contributed by atoms with van der Waals surface area (Å²) in [5.41, 5.74) is -1.21. The Balaban J connectivity index is 2.82. The minimum absolute atomic E-state index is 0.0145. The molecule has 0 saturated carbocycles. The first-order valence-corrected chi connectivity index (χ1v) is 5.98. The van der Waals surface area contributed by atoms with Crippen molar-refractivity contribution in [3.8, 4) is 0 Å². The smallest absolute Gasteiger partial charge is 0.309 e. The molecule has 1 aromatic carbocycles. The molecule has 0 fully saturated rings. The Labute approximate surface area is 119 Å². The molecule has 108 valence electrons. The summed E-state index contributed by atoms with van der Waals surface area (Å²) in [5.74, 6) is -1.63. The predicted molar refractivity (Wildman–Crippen MR) is 72.8 cm³/mol. The normalized spacial score (nSPS) is 10.9. The molecule has 0 aromatic heterocycles. The van der Waals surface area contributed by atoms with Gasteiger partial charge in [-0.2, -0.15) is 0 Å². The Bertz CT molecular complexity index is 571. The number of nitro benzene ring substituents is 1. The molecule has 0 atom stereocenters. The zero-order valence-corrected chi connectivity index (χ0v) is 11.6. The lowest BCUT2D eigenvalue weighted by Gasteiger charge is -2.18. The summed E-state index contributed by atoms with van der Waals surface area (Å²) in [6.07, 6.45) is -0.240. The first kappa shape index (κ1) is 15.9. The first-order chi connectivity index (χ1) is 9.13. The van der Waals surface area contributed by atoms with E-state index in [1.54, 1.807) is 0 Å². The maximum absolute atomic E-state index is 11.7. The van der Waals surface area contributed by atoms with Gasteiger partial charge in [0.15, 0.2) is 0 Å². The van der Waals surface area contributed by atoms with Crippen LogP contribution in [0.5, 0.6) is 0 Å². The van der Waals surface area contributed by atoms with E-state index in [-0.39, 0.29) is 22.8 Å². The highest BCUT2D eigenvalue weighted by Gasteiger charge is 2.30. The fourth-order valence-corrected chi connectivity index (χ4v) is 1.61. The number of hydrogen-bond acceptors (Lipinski definition) is 4. The van der Waals surface area contributed by atoms with E-state index < -0.39 is 22.2 Å². The van der Waals surface area contributed by atoms with Gasteiger partial charge in [0.25, 0.3) is 5.69 Å². The number of benzene rings is 1. The van der Waals surface area contributed by atoms with Gasteiger partial charge in [-0.25, -0.2) is 0 Å². The second-order valence-electron chi connectivity index (χ2n) is 4.84. The van der Waals surface area contributed by atoms with Crippen LogP contribution in [0.25, 0.3) is 0 Å². The molecule has 7 nitrogen and oxygen atoms in total. The lowest BCUT2D eigenvalue weighted by atomic mass is 9.89. The largest absolute Gasteiger partial charge is 0.481 e. The number of carbonyl (C=O) groups is 2. The Morgan fingerprint density at radius 2 is 2.05 bits per heavy atom. The number of nitro groups is 1. The number of carboxylic acid groups (broad SMARTS) is 1. The van der Waals surface area contributed by atoms with Crippen LogP contribution < -0.4 is 5.32 Å². The molecule has 1 amide bonds. The third-order valence-corrected chi connectivity index (χ3v) is 2.93. The number of carbonyl (C=O) groups excluding carboxylic acids is 1. The van der Waals surface area contributed by atoms with E-state index in [2.05, 4.69) is 5.32 Å². The van der Waals surface area contributed by atoms with Crippen LogP contribution >= 0.6 is 11.6 Å². The number of hydrogen-bond donors (Lipinski definition) is 2. The third-order valence-electron chi connectivity index (χ3n) is 2.62. The molecule has 0 spiro atoms. The monoisotopic (exact) mass is 300 g/mol. The quantitative estimate of drug-likeness (QED) is 0.641. The number of nitrogens with zero attached hydrogens (tertiary/aromatic N) is 1. The van der Waals surface area contributed by atoms with Crippen LogP contribution in [-0.2, 0) is 9.59 Å². The number of anilines is 1. The Morgan fingerprint density at radius 1 is 1.45 bits per heavy atom. The minimum Gasteiger partial charge on any atom is -0.481 e. The summed E-state index contributed by atoms with van der Waals surface area (Å²) in [6.45, 7) is 2.85. The van der Waals surface area contributed by atoms with Crippen molar-refractivity contribution < 1.29 is 19.6 Å². The summed E-state index contributed by atoms with van der Waals surface area (Å²) < 4.78 is 0. The van der Waals surface area contributed by atoms with E-state index in [0.717, 1.165) is 6.07 Å². The molecule has 0 aliphatic carbocycles. The number of carboxylic acids is 1. The molecule has 0 unspecified atom stereocenters. The standard InChI is InChI=1S/C12H13ClN2O5/c1-12(2,11(17)18)6-10(16)14-9-4-3-7(15(19)20)5-8(9)13/h3-5H,6H2,1-2H3,(H,14,16)(H,17,18). The topological polar surface area (TPSA) is 110 Å². The molecule has 8 heteroatoms. The molecule has 0 aliphatic heterocycles. The van der Waals surface area contributed by atoms with E-state index in [4.69, 9.17) is 16.7 Å². The second kappa shape index (κ2) is 5.87. The van der Waals surface area contributed by atoms with Gasteiger partial charge in [-0.1, -0.05) is 11.6 Å². The van der Waals surface area contributed by atoms with Crippen molar-refractivity contribution in [3.63, 3.8) is 0 Å². The molecule has 0 radical (unpaired) electrons. The average Bonchev–Trinajstić information content (AvgIpc) is 2.30. The molecule has 0 saturated heterocycles. The summed E-state index contributed by atoms with van der Waals surface area (Å²) in [5, 5.41) is 21.9. The predicted octanol–water partition coefficient (Wildman–Crippen LogP) is 2.69. The highest BCUT2D eigenvalue weighted by molar-refractivity contribution is 6.34. The Kier molecular flexibility index (Phi) is 4.67. The zero-order valence-electron chi connectivity index (χ0n) is 10.8. The van der Waals surface area contributed by atoms with Gasteiger partial charge in [0, 0.05) is 18.6 Å². The molecule has 2 N–H and O–H groups in total. The molecular formula is C12H13ClN2O5. The van der Waals surface area contributed by atoms with E-state index in [1.807, 2.05) is 0 Å². The number of rotatable bonds is 5. The molecule has 1 rings (SSSR count). The number of nitrogens with one attached hydrogen (secondary N) is 1. The average molecular weight is 301 g/mol. The third kappa shape index (κ3) is 3.92. The highest BCUT2D eigenvalue weighted by atomic mass is 35.5. The van der Waals surface area contributed by atoms with E-state index in [1.165, 1.54) is 26.0 Å². The van der Waals surface area contributed by atoms with Crippen molar-refractivity contribution in [2.75, 3.05) is 5.32 Å². The number of non-ortho nitro benzene ring substituents is 1. The zero-order chi connectivity index (χ0) is 15.5. The molecule has 0 heterocycles. The molecule has 20 heavy (non-hydrogen) atoms. The van der Waals surface area contributed by atoms with Crippen molar-refractivity contribution in [3.05, 3.63) is 33.3 Å². The fraction of sp³-hybridized carbons (Fsp3) is 0.333. The van der Waals surface area contributed by atoms with Gasteiger partial charge < -0.3 is 10.4 Å². The first-order valence-electron chi connectivity index (χ1n) is 5.60. The van der Waals surface area contributed by atoms with Crippen molar-refractivity contribution in [2.45, 2.75) is 20.3 Å². The minimum atomic E-state index is -1.21. The molecular weight excluding hydrogens is 288 g/mol. The van der Waals surface area contributed by atoms with E-state index in [9.17, 15) is 19.7 Å². The second-order valence-corrected chi connectivity index (χ2v) is 5.24. The van der Waals surface area contributed by atoms with Crippen LogP contribution in [0.4, 0.5) is 11.4 Å². The maximum Gasteiger partial charge on any atom is 0.309 e. The van der Waals surface area contributed by atoms with E-state index in [0.29, 0.717) is 0 Å². The summed E-state index contributed by atoms with van der Waals surface area (Å²) in [4.78, 5) is 32.6. The SMILES string of the molecule is CC(C)(CC(=O)Nc1ccc([N+](=O)[O-])cc1Cl)C(=O)O. The van der Waals surface area contributed by atoms with Gasteiger partial charge in [0.05, 0.1) is 21.0 Å². The fourth-order valence-electron chi connectivity index (χ4n) is 1.39. The Morgan fingerprint density at radius 3 is 2.50 bits per heavy atom. The van der Waals surface area contributed by atoms with Gasteiger partial charge >= 0.3 is 5.97 Å². The van der Waals surface area contributed by atoms with Gasteiger partial charge in [-0.3, -0.25) is 19.7 Å². The number of aliphatic carboxylic acids is 1. The molecule has 0 bridgehead atoms. The number of amides is 1. The van der Waals surface area contributed by atoms with Crippen LogP contribution in [-0.4, -0.2) is 21.9 Å². The number of halogens is 1. The van der Waals surface area contributed by atoms with Crippen molar-refractivity contribution >= 4 is 34.9 Å². The molecule has 1 aromatic rings. The highest BCUT2D eigenvalue weighted by Crippen LogP contribution is 2.28. The van der Waals surface area contributed by atoms with Crippen molar-refractivity contribution in [1.82, 2.24) is 0 Å². The van der Waals surface area contributed by atoms with Crippen LogP contribution in [0.2, 0.25) is 5.02 Å². The van der Waals surface area contributed by atoms with Crippen LogP contribution in [0.3, 0.4) is 0 Å². The van der Waals surface area contributed by atoms with Crippen molar-refractivity contribution in [1.29, 1.82) is 0 Å². The maximum atomic E-state index is 11.7. The van der Waals surface area contributed by atoms with Gasteiger partial charge in [-0.15, -0.1) is 0 Å². The summed E-state index contributed by atoms with van der Waals surface area (Å²) in [7, 11) is 0. The lowest BCUT2D eigenvalue weighted by Crippen LogP contribution is -2.29. The molecule has 0 aliphatic rings. The van der Waals surface area contributed by atoms with Gasteiger partial charge in [0.2, 0.25) is 5.91 Å². The summed E-state index contributed by atoms with van der Waals surface area (Å²) in [6, 6.07) is 3.61. The summed E-state index contributed by atoms with van der Waals surface area (Å²) >= 11 is 5.82. The lowest BCUT2D eigenvalue weighted by molar-refractivity contribution is -0.384. The Hall–Kier alpha value is -2.15.